The first-order valence-corrected chi connectivity index (χ1v) is 9.27. The molecule has 0 N–H and O–H groups in total. The minimum atomic E-state index is -1.08. The molecule has 2 amide bonds. The van der Waals surface area contributed by atoms with Crippen molar-refractivity contribution in [2.24, 2.45) is 0 Å². The molecule has 0 spiro atoms. The van der Waals surface area contributed by atoms with Gasteiger partial charge in [-0.1, -0.05) is 36.4 Å². The first-order chi connectivity index (χ1) is 13.8. The molecule has 1 aliphatic heterocycles. The average Bonchev–Trinajstić information content (AvgIpc) is 2.73. The molecule has 1 heterocycles. The fraction of sp³-hybridized carbons (Fsp3) is 0.261. The summed E-state index contributed by atoms with van der Waals surface area (Å²) in [6.07, 6.45) is 2.33. The van der Waals surface area contributed by atoms with Crippen LogP contribution < -0.4 is 0 Å². The highest BCUT2D eigenvalue weighted by Crippen LogP contribution is 2.30. The molecular weight excluding hydrogens is 369 g/mol. The quantitative estimate of drug-likeness (QED) is 0.753. The highest BCUT2D eigenvalue weighted by molar-refractivity contribution is 6.06. The van der Waals surface area contributed by atoms with Gasteiger partial charge in [-0.05, 0) is 42.7 Å². The van der Waals surface area contributed by atoms with E-state index in [4.69, 9.17) is 0 Å². The summed E-state index contributed by atoms with van der Waals surface area (Å²) in [4.78, 5) is 29.1. The first kappa shape index (κ1) is 20.3. The van der Waals surface area contributed by atoms with Crippen molar-refractivity contribution >= 4 is 11.8 Å². The van der Waals surface area contributed by atoms with Crippen molar-refractivity contribution in [2.75, 3.05) is 14.1 Å². The number of likely N-dealkylation sites (N-methyl/N-ethyl adjacent to an activating group) is 2. The lowest BCUT2D eigenvalue weighted by molar-refractivity contribution is -0.155. The van der Waals surface area contributed by atoms with Crippen molar-refractivity contribution in [3.05, 3.63) is 82.8 Å². The maximum absolute atomic E-state index is 13.2. The van der Waals surface area contributed by atoms with Crippen LogP contribution in [-0.2, 0) is 22.4 Å². The first-order valence-electron chi connectivity index (χ1n) is 9.27. The summed E-state index contributed by atoms with van der Waals surface area (Å²) >= 11 is 0. The lowest BCUT2D eigenvalue weighted by Crippen LogP contribution is -2.64. The Labute approximate surface area is 169 Å². The van der Waals surface area contributed by atoms with Crippen LogP contribution in [0, 0.1) is 17.1 Å². The molecule has 1 saturated heterocycles. The van der Waals surface area contributed by atoms with Crippen LogP contribution in [0.15, 0.2) is 60.3 Å². The SMILES string of the molecule is CN1C(=O)C(C)(Cc2ccc(F)cc2)N(C)C(=O)C1=CCc1ccccc1C#N. The zero-order valence-corrected chi connectivity index (χ0v) is 16.6. The minimum absolute atomic E-state index is 0.219. The zero-order valence-electron chi connectivity index (χ0n) is 16.6. The summed E-state index contributed by atoms with van der Waals surface area (Å²) in [5.41, 5.74) is 1.30. The van der Waals surface area contributed by atoms with Gasteiger partial charge < -0.3 is 9.80 Å². The molecule has 0 radical (unpaired) electrons. The molecule has 0 aliphatic carbocycles. The topological polar surface area (TPSA) is 64.4 Å². The molecule has 2 aromatic carbocycles. The van der Waals surface area contributed by atoms with Gasteiger partial charge in [-0.25, -0.2) is 4.39 Å². The lowest BCUT2D eigenvalue weighted by Gasteiger charge is -2.45. The molecule has 1 atom stereocenters. The molecule has 0 bridgehead atoms. The Bertz CT molecular complexity index is 1020. The van der Waals surface area contributed by atoms with E-state index in [0.717, 1.165) is 11.1 Å². The maximum Gasteiger partial charge on any atom is 0.270 e. The van der Waals surface area contributed by atoms with E-state index in [2.05, 4.69) is 6.07 Å². The molecule has 0 saturated carbocycles. The van der Waals surface area contributed by atoms with Crippen molar-refractivity contribution in [3.8, 4) is 6.07 Å². The van der Waals surface area contributed by atoms with Gasteiger partial charge in [0, 0.05) is 20.5 Å². The number of carbonyl (C=O) groups is 2. The van der Waals surface area contributed by atoms with Crippen LogP contribution in [0.3, 0.4) is 0 Å². The third kappa shape index (κ3) is 3.77. The molecule has 1 unspecified atom stereocenters. The van der Waals surface area contributed by atoms with Crippen molar-refractivity contribution < 1.29 is 14.0 Å². The summed E-state index contributed by atoms with van der Waals surface area (Å²) in [5, 5.41) is 9.24. The largest absolute Gasteiger partial charge is 0.326 e. The number of hydrogen-bond donors (Lipinski definition) is 0. The van der Waals surface area contributed by atoms with E-state index >= 15 is 0 Å². The number of nitrogens with zero attached hydrogens (tertiary/aromatic N) is 3. The molecular formula is C23H22FN3O2. The highest BCUT2D eigenvalue weighted by Gasteiger charge is 2.48. The van der Waals surface area contributed by atoms with Gasteiger partial charge in [0.2, 0.25) is 0 Å². The second-order valence-electron chi connectivity index (χ2n) is 7.37. The number of piperazine rings is 1. The summed E-state index contributed by atoms with van der Waals surface area (Å²) in [6.45, 7) is 1.72. The van der Waals surface area contributed by atoms with E-state index in [0.29, 0.717) is 12.0 Å². The van der Waals surface area contributed by atoms with Gasteiger partial charge >= 0.3 is 0 Å². The molecule has 29 heavy (non-hydrogen) atoms. The number of halogens is 1. The van der Waals surface area contributed by atoms with Gasteiger partial charge in [-0.3, -0.25) is 9.59 Å². The molecule has 148 valence electrons. The Kier molecular flexibility index (Phi) is 5.51. The Hall–Kier alpha value is -3.46. The van der Waals surface area contributed by atoms with Gasteiger partial charge in [0.15, 0.2) is 0 Å². The van der Waals surface area contributed by atoms with Crippen LogP contribution in [0.25, 0.3) is 0 Å². The fourth-order valence-corrected chi connectivity index (χ4v) is 3.59. The number of carbonyl (C=O) groups excluding carboxylic acids is 2. The summed E-state index contributed by atoms with van der Waals surface area (Å²) in [7, 11) is 3.19. The number of nitriles is 1. The number of amides is 2. The second-order valence-corrected chi connectivity index (χ2v) is 7.37. The Morgan fingerprint density at radius 2 is 1.76 bits per heavy atom. The van der Waals surface area contributed by atoms with Crippen molar-refractivity contribution in [2.45, 2.75) is 25.3 Å². The van der Waals surface area contributed by atoms with Gasteiger partial charge in [0.25, 0.3) is 11.8 Å². The van der Waals surface area contributed by atoms with E-state index in [-0.39, 0.29) is 29.7 Å². The standard InChI is InChI=1S/C23H22FN3O2/c1-23(14-16-8-11-19(24)12-9-16)22(29)26(2)20(21(28)27(23)3)13-10-17-6-4-5-7-18(17)15-25/h4-9,11-13H,10,14H2,1-3H3. The number of benzene rings is 2. The molecule has 5 nitrogen and oxygen atoms in total. The monoisotopic (exact) mass is 391 g/mol. The average molecular weight is 391 g/mol. The van der Waals surface area contributed by atoms with E-state index < -0.39 is 5.54 Å². The Morgan fingerprint density at radius 1 is 1.10 bits per heavy atom. The fourth-order valence-electron chi connectivity index (χ4n) is 3.59. The predicted molar refractivity (Wildman–Crippen MR) is 107 cm³/mol. The maximum atomic E-state index is 13.2. The summed E-state index contributed by atoms with van der Waals surface area (Å²) in [5.74, 6) is -0.840. The van der Waals surface area contributed by atoms with Crippen LogP contribution in [0.4, 0.5) is 4.39 Å². The Morgan fingerprint density at radius 3 is 2.41 bits per heavy atom. The third-order valence-electron chi connectivity index (χ3n) is 5.51. The van der Waals surface area contributed by atoms with Crippen LogP contribution in [-0.4, -0.2) is 41.2 Å². The van der Waals surface area contributed by atoms with Gasteiger partial charge in [0.1, 0.15) is 17.1 Å². The second kappa shape index (κ2) is 7.88. The van der Waals surface area contributed by atoms with Crippen molar-refractivity contribution in [3.63, 3.8) is 0 Å². The van der Waals surface area contributed by atoms with E-state index in [1.54, 1.807) is 51.4 Å². The van der Waals surface area contributed by atoms with Crippen LogP contribution in [0.5, 0.6) is 0 Å². The van der Waals surface area contributed by atoms with Gasteiger partial charge in [-0.15, -0.1) is 0 Å². The molecule has 1 aliphatic rings. The van der Waals surface area contributed by atoms with Crippen molar-refractivity contribution in [1.82, 2.24) is 9.80 Å². The normalized spacial score (nSPS) is 20.9. The Balaban J connectivity index is 1.88. The molecule has 3 rings (SSSR count). The van der Waals surface area contributed by atoms with E-state index in [9.17, 15) is 19.2 Å². The smallest absolute Gasteiger partial charge is 0.270 e. The molecule has 1 fully saturated rings. The highest BCUT2D eigenvalue weighted by atomic mass is 19.1. The number of rotatable bonds is 4. The predicted octanol–water partition coefficient (Wildman–Crippen LogP) is 3.06. The van der Waals surface area contributed by atoms with Crippen molar-refractivity contribution in [1.29, 1.82) is 5.26 Å². The summed E-state index contributed by atoms with van der Waals surface area (Å²) < 4.78 is 13.2. The summed E-state index contributed by atoms with van der Waals surface area (Å²) in [6, 6.07) is 15.2. The number of hydrogen-bond acceptors (Lipinski definition) is 3. The molecule has 0 aromatic heterocycles. The van der Waals surface area contributed by atoms with Gasteiger partial charge in [0.05, 0.1) is 11.6 Å². The number of allylic oxidation sites excluding steroid dienone is 1. The molecule has 6 heteroatoms. The van der Waals surface area contributed by atoms with Crippen LogP contribution >= 0.6 is 0 Å². The zero-order chi connectivity index (χ0) is 21.2. The van der Waals surface area contributed by atoms with E-state index in [1.165, 1.54) is 21.9 Å². The lowest BCUT2D eigenvalue weighted by atomic mass is 9.87. The van der Waals surface area contributed by atoms with Crippen LogP contribution in [0.1, 0.15) is 23.6 Å². The molecule has 2 aromatic rings. The van der Waals surface area contributed by atoms with Crippen LogP contribution in [0.2, 0.25) is 0 Å². The third-order valence-corrected chi connectivity index (χ3v) is 5.51. The van der Waals surface area contributed by atoms with Gasteiger partial charge in [-0.2, -0.15) is 5.26 Å². The van der Waals surface area contributed by atoms with E-state index in [1.807, 2.05) is 12.1 Å². The minimum Gasteiger partial charge on any atom is -0.326 e.